The largest absolute Gasteiger partial charge is 0.444 e. The van der Waals surface area contributed by atoms with Crippen LogP contribution in [0.1, 0.15) is 53.5 Å². The van der Waals surface area contributed by atoms with Crippen molar-refractivity contribution >= 4 is 18.1 Å². The molecule has 0 aliphatic carbocycles. The van der Waals surface area contributed by atoms with Gasteiger partial charge in [-0.15, -0.1) is 5.10 Å². The van der Waals surface area contributed by atoms with E-state index in [0.29, 0.717) is 0 Å². The molecule has 1 heterocycles. The number of hydrogen-bond acceptors (Lipinski definition) is 6. The predicted molar refractivity (Wildman–Crippen MR) is 79.1 cm³/mol. The van der Waals surface area contributed by atoms with Gasteiger partial charge in [0, 0.05) is 0 Å². The second-order valence-corrected chi connectivity index (χ2v) is 6.88. The zero-order valence-electron chi connectivity index (χ0n) is 13.7. The number of amides is 3. The third-order valence-corrected chi connectivity index (χ3v) is 2.44. The molecule has 0 radical (unpaired) electrons. The number of carbonyl (C=O) groups excluding carboxylic acids is 2. The number of alkyl carbamates (subject to hydrolysis) is 1. The van der Waals surface area contributed by atoms with Crippen LogP contribution < -0.4 is 16.4 Å². The Morgan fingerprint density at radius 1 is 1.18 bits per heavy atom. The highest BCUT2D eigenvalue weighted by atomic mass is 16.6. The van der Waals surface area contributed by atoms with Crippen molar-refractivity contribution in [1.82, 2.24) is 15.5 Å². The maximum Gasteiger partial charge on any atom is 0.408 e. The Morgan fingerprint density at radius 2 is 1.77 bits per heavy atom. The van der Waals surface area contributed by atoms with Crippen molar-refractivity contribution in [2.75, 3.05) is 5.32 Å². The van der Waals surface area contributed by atoms with E-state index in [4.69, 9.17) is 14.9 Å². The number of carbonyl (C=O) groups is 2. The van der Waals surface area contributed by atoms with Crippen molar-refractivity contribution in [3.05, 3.63) is 5.89 Å². The van der Waals surface area contributed by atoms with Gasteiger partial charge in [-0.25, -0.2) is 9.59 Å². The summed E-state index contributed by atoms with van der Waals surface area (Å²) in [4.78, 5) is 22.7. The third-order valence-electron chi connectivity index (χ3n) is 2.44. The van der Waals surface area contributed by atoms with Crippen LogP contribution in [0.4, 0.5) is 15.6 Å². The molecule has 0 aliphatic rings. The molecule has 0 aromatic carbocycles. The van der Waals surface area contributed by atoms with E-state index < -0.39 is 29.2 Å². The zero-order valence-corrected chi connectivity index (χ0v) is 13.7. The third kappa shape index (κ3) is 5.58. The number of rotatable bonds is 3. The second kappa shape index (κ2) is 6.20. The van der Waals surface area contributed by atoms with Gasteiger partial charge >= 0.3 is 18.1 Å². The summed E-state index contributed by atoms with van der Waals surface area (Å²) >= 11 is 0. The summed E-state index contributed by atoms with van der Waals surface area (Å²) in [6, 6.07) is -1.55. The molecule has 0 fully saturated rings. The molecule has 1 atom stereocenters. The molecule has 0 saturated heterocycles. The molecule has 22 heavy (non-hydrogen) atoms. The van der Waals surface area contributed by atoms with E-state index >= 15 is 0 Å². The van der Waals surface area contributed by atoms with E-state index in [1.54, 1.807) is 20.8 Å². The molecule has 1 aromatic rings. The van der Waals surface area contributed by atoms with Crippen LogP contribution in [0.3, 0.4) is 0 Å². The van der Waals surface area contributed by atoms with Crippen LogP contribution in [-0.2, 0) is 4.74 Å². The van der Waals surface area contributed by atoms with Gasteiger partial charge in [0.2, 0.25) is 5.89 Å². The maximum absolute atomic E-state index is 12.0. The molecule has 1 aromatic heterocycles. The second-order valence-electron chi connectivity index (χ2n) is 6.88. The molecule has 1 rings (SSSR count). The van der Waals surface area contributed by atoms with Crippen LogP contribution in [0.25, 0.3) is 0 Å². The highest BCUT2D eigenvalue weighted by Crippen LogP contribution is 2.32. The minimum absolute atomic E-state index is 0.136. The molecular formula is C13H23N5O4. The van der Waals surface area contributed by atoms with E-state index in [-0.39, 0.29) is 11.9 Å². The van der Waals surface area contributed by atoms with Crippen molar-refractivity contribution < 1.29 is 18.7 Å². The van der Waals surface area contributed by atoms with Crippen LogP contribution >= 0.6 is 0 Å². The number of urea groups is 1. The van der Waals surface area contributed by atoms with Crippen LogP contribution in [0.15, 0.2) is 4.42 Å². The van der Waals surface area contributed by atoms with Gasteiger partial charge in [-0.1, -0.05) is 25.9 Å². The van der Waals surface area contributed by atoms with Crippen LogP contribution in [0, 0.1) is 5.41 Å². The summed E-state index contributed by atoms with van der Waals surface area (Å²) in [5.41, 5.74) is 3.93. The Balaban J connectivity index is 2.92. The monoisotopic (exact) mass is 313 g/mol. The average Bonchev–Trinajstić information content (AvgIpc) is 2.68. The normalized spacial score (nSPS) is 13.4. The molecule has 4 N–H and O–H groups in total. The van der Waals surface area contributed by atoms with Crippen molar-refractivity contribution in [2.24, 2.45) is 11.1 Å². The van der Waals surface area contributed by atoms with Gasteiger partial charge in [-0.05, 0) is 26.2 Å². The molecular weight excluding hydrogens is 290 g/mol. The van der Waals surface area contributed by atoms with Gasteiger partial charge in [0.15, 0.2) is 0 Å². The van der Waals surface area contributed by atoms with Crippen LogP contribution in [0.2, 0.25) is 0 Å². The van der Waals surface area contributed by atoms with E-state index in [0.717, 1.165) is 0 Å². The smallest absolute Gasteiger partial charge is 0.408 e. The van der Waals surface area contributed by atoms with Crippen molar-refractivity contribution in [1.29, 1.82) is 0 Å². The van der Waals surface area contributed by atoms with Gasteiger partial charge in [-0.3, -0.25) is 5.32 Å². The number of nitrogens with two attached hydrogens (primary N) is 1. The van der Waals surface area contributed by atoms with E-state index in [1.165, 1.54) is 0 Å². The number of anilines is 1. The number of aromatic nitrogens is 2. The molecule has 0 spiro atoms. The average molecular weight is 313 g/mol. The molecule has 9 nitrogen and oxygen atoms in total. The fourth-order valence-corrected chi connectivity index (χ4v) is 1.58. The van der Waals surface area contributed by atoms with E-state index in [2.05, 4.69) is 20.8 Å². The fraction of sp³-hybridized carbons (Fsp3) is 0.692. The number of ether oxygens (including phenoxy) is 1. The topological polar surface area (TPSA) is 132 Å². The SMILES string of the molecule is CC(C)(C)OC(=O)NC(c1nnc(NC(N)=O)o1)C(C)(C)C. The number of primary amides is 1. The number of nitrogens with one attached hydrogen (secondary N) is 2. The van der Waals surface area contributed by atoms with E-state index in [9.17, 15) is 9.59 Å². The quantitative estimate of drug-likeness (QED) is 0.783. The lowest BCUT2D eigenvalue weighted by molar-refractivity contribution is 0.0447. The minimum atomic E-state index is -0.817. The highest BCUT2D eigenvalue weighted by Gasteiger charge is 2.34. The zero-order chi connectivity index (χ0) is 17.1. The summed E-state index contributed by atoms with van der Waals surface area (Å²) in [5, 5.41) is 12.4. The number of hydrogen-bond donors (Lipinski definition) is 3. The van der Waals surface area contributed by atoms with Crippen LogP contribution in [0.5, 0.6) is 0 Å². The minimum Gasteiger partial charge on any atom is -0.444 e. The lowest BCUT2D eigenvalue weighted by atomic mass is 9.87. The Kier molecular flexibility index (Phi) is 5.00. The van der Waals surface area contributed by atoms with Gasteiger partial charge in [0.1, 0.15) is 11.6 Å². The molecule has 9 heteroatoms. The summed E-state index contributed by atoms with van der Waals surface area (Å²) in [6.07, 6.45) is -0.602. The van der Waals surface area contributed by atoms with Gasteiger partial charge < -0.3 is 20.2 Å². The lowest BCUT2D eigenvalue weighted by Gasteiger charge is -2.29. The summed E-state index contributed by atoms with van der Waals surface area (Å²) in [6.45, 7) is 11.0. The first-order valence-corrected chi connectivity index (χ1v) is 6.78. The van der Waals surface area contributed by atoms with Crippen LogP contribution in [-0.4, -0.2) is 27.9 Å². The summed E-state index contributed by atoms with van der Waals surface area (Å²) in [5.74, 6) is 0.141. The Bertz CT molecular complexity index is 541. The Morgan fingerprint density at radius 3 is 2.23 bits per heavy atom. The van der Waals surface area contributed by atoms with Crippen molar-refractivity contribution in [3.63, 3.8) is 0 Å². The van der Waals surface area contributed by atoms with Crippen molar-refractivity contribution in [2.45, 2.75) is 53.2 Å². The predicted octanol–water partition coefficient (Wildman–Crippen LogP) is 2.17. The number of nitrogens with zero attached hydrogens (tertiary/aromatic N) is 2. The Hall–Kier alpha value is -2.32. The van der Waals surface area contributed by atoms with Gasteiger partial charge in [0.05, 0.1) is 0 Å². The lowest BCUT2D eigenvalue weighted by Crippen LogP contribution is -2.40. The Labute approximate surface area is 129 Å². The summed E-state index contributed by atoms with van der Waals surface area (Å²) in [7, 11) is 0. The van der Waals surface area contributed by atoms with E-state index in [1.807, 2.05) is 20.8 Å². The maximum atomic E-state index is 12.0. The standard InChI is InChI=1S/C13H23N5O4/c1-12(2,3)7(15-11(20)22-13(4,5)6)8-17-18-10(21-8)16-9(14)19/h7H,1-6H3,(H,15,20)(H3,14,16,18,19). The van der Waals surface area contributed by atoms with Gasteiger partial charge in [0.25, 0.3) is 0 Å². The molecule has 0 saturated carbocycles. The molecule has 0 bridgehead atoms. The molecule has 0 aliphatic heterocycles. The summed E-state index contributed by atoms with van der Waals surface area (Å²) < 4.78 is 10.5. The fourth-order valence-electron chi connectivity index (χ4n) is 1.58. The molecule has 3 amide bonds. The first-order chi connectivity index (χ1) is 9.88. The first kappa shape index (κ1) is 17.7. The van der Waals surface area contributed by atoms with Crippen molar-refractivity contribution in [3.8, 4) is 0 Å². The first-order valence-electron chi connectivity index (χ1n) is 6.78. The molecule has 1 unspecified atom stereocenters. The highest BCUT2D eigenvalue weighted by molar-refractivity contribution is 5.85. The molecule has 124 valence electrons. The van der Waals surface area contributed by atoms with Gasteiger partial charge in [-0.2, -0.15) is 0 Å².